The summed E-state index contributed by atoms with van der Waals surface area (Å²) in [4.78, 5) is 12.1. The molecule has 0 bridgehead atoms. The van der Waals surface area contributed by atoms with E-state index in [4.69, 9.17) is 16.6 Å². The van der Waals surface area contributed by atoms with Crippen molar-refractivity contribution in [3.8, 4) is 5.88 Å². The van der Waals surface area contributed by atoms with E-state index in [9.17, 15) is 5.11 Å². The van der Waals surface area contributed by atoms with Gasteiger partial charge in [-0.3, -0.25) is 4.98 Å². The first kappa shape index (κ1) is 20.0. The van der Waals surface area contributed by atoms with Gasteiger partial charge in [-0.1, -0.05) is 60.1 Å². The average molecular weight is 438 g/mol. The van der Waals surface area contributed by atoms with Gasteiger partial charge in [0.25, 0.3) is 0 Å². The van der Waals surface area contributed by atoms with Gasteiger partial charge in [0.1, 0.15) is 0 Å². The van der Waals surface area contributed by atoms with Gasteiger partial charge in [0.15, 0.2) is 5.88 Å². The van der Waals surface area contributed by atoms with Gasteiger partial charge in [0, 0.05) is 28.4 Å². The lowest BCUT2D eigenvalue weighted by Gasteiger charge is -2.09. The highest BCUT2D eigenvalue weighted by Crippen LogP contribution is 2.33. The number of benzene rings is 3. The molecule has 0 radical (unpaired) electrons. The maximum Gasteiger partial charge on any atom is 0.199 e. The van der Waals surface area contributed by atoms with Crippen molar-refractivity contribution >= 4 is 33.9 Å². The normalized spacial score (nSPS) is 11.7. The minimum Gasteiger partial charge on any atom is -0.494 e. The fourth-order valence-electron chi connectivity index (χ4n) is 3.86. The molecule has 5 aromatic rings. The van der Waals surface area contributed by atoms with Crippen LogP contribution in [0.1, 0.15) is 22.3 Å². The highest BCUT2D eigenvalue weighted by atomic mass is 35.5. The van der Waals surface area contributed by atoms with E-state index < -0.39 is 0 Å². The molecular formula is C27H20ClN3O. The second-order valence-corrected chi connectivity index (χ2v) is 8.00. The molecule has 2 N–H and O–H groups in total. The maximum absolute atomic E-state index is 10.8. The van der Waals surface area contributed by atoms with E-state index in [0.29, 0.717) is 16.3 Å². The molecule has 0 atom stereocenters. The summed E-state index contributed by atoms with van der Waals surface area (Å²) in [6.45, 7) is 0. The van der Waals surface area contributed by atoms with Gasteiger partial charge in [-0.25, -0.2) is 4.99 Å². The number of nitrogens with zero attached hydrogens (tertiary/aromatic N) is 2. The van der Waals surface area contributed by atoms with Crippen LogP contribution in [0.2, 0.25) is 5.02 Å². The fourth-order valence-corrected chi connectivity index (χ4v) is 4.03. The van der Waals surface area contributed by atoms with Crippen LogP contribution in [0.3, 0.4) is 0 Å². The molecule has 156 valence electrons. The molecule has 0 aliphatic carbocycles. The smallest absolute Gasteiger partial charge is 0.199 e. The number of nitrogens with one attached hydrogen (secondary N) is 1. The molecule has 0 saturated heterocycles. The van der Waals surface area contributed by atoms with Gasteiger partial charge >= 0.3 is 0 Å². The Hall–Kier alpha value is -3.89. The number of aromatic hydroxyl groups is 1. The van der Waals surface area contributed by atoms with Crippen LogP contribution in [-0.2, 0) is 6.42 Å². The zero-order chi connectivity index (χ0) is 21.9. The van der Waals surface area contributed by atoms with E-state index in [-0.39, 0.29) is 5.88 Å². The van der Waals surface area contributed by atoms with Gasteiger partial charge in [-0.15, -0.1) is 0 Å². The molecule has 2 aromatic heterocycles. The number of pyridine rings is 1. The number of fused-ring (bicyclic) bond motifs is 1. The first-order valence-electron chi connectivity index (χ1n) is 10.3. The van der Waals surface area contributed by atoms with E-state index in [1.54, 1.807) is 18.5 Å². The topological polar surface area (TPSA) is 61.3 Å². The maximum atomic E-state index is 10.8. The van der Waals surface area contributed by atoms with Crippen LogP contribution in [0, 0.1) is 0 Å². The second kappa shape index (κ2) is 8.69. The van der Waals surface area contributed by atoms with Crippen molar-refractivity contribution in [1.29, 1.82) is 0 Å². The summed E-state index contributed by atoms with van der Waals surface area (Å²) in [7, 11) is 0. The Labute approximate surface area is 190 Å². The predicted octanol–water partition coefficient (Wildman–Crippen LogP) is 6.68. The molecule has 32 heavy (non-hydrogen) atoms. The van der Waals surface area contributed by atoms with Crippen molar-refractivity contribution < 1.29 is 5.11 Å². The van der Waals surface area contributed by atoms with E-state index in [1.165, 1.54) is 5.56 Å². The number of halogens is 1. The molecule has 0 aliphatic rings. The molecule has 0 aliphatic heterocycles. The van der Waals surface area contributed by atoms with Crippen LogP contribution in [0.15, 0.2) is 102 Å². The number of rotatable bonds is 5. The van der Waals surface area contributed by atoms with Crippen LogP contribution < -0.4 is 0 Å². The summed E-state index contributed by atoms with van der Waals surface area (Å²) >= 11 is 6.15. The summed E-state index contributed by atoms with van der Waals surface area (Å²) in [6, 6.07) is 27.6. The number of H-pyrrole nitrogens is 1. The summed E-state index contributed by atoms with van der Waals surface area (Å²) in [5.74, 6) is 0.0674. The quantitative estimate of drug-likeness (QED) is 0.301. The molecule has 0 spiro atoms. The molecule has 3 aromatic carbocycles. The van der Waals surface area contributed by atoms with E-state index in [1.807, 2.05) is 66.7 Å². The first-order chi connectivity index (χ1) is 15.7. The standard InChI is InChI=1S/C27H20ClN3O/c28-21-9-10-23-24(17-21)31-27(32)25(23)26(20-6-2-1-3-7-20)30-22-8-4-5-19(16-22)15-18-11-13-29-14-12-18/h1-14,16-17,31-32H,15H2. The fraction of sp³-hybridized carbons (Fsp3) is 0.0370. The van der Waals surface area contributed by atoms with Crippen molar-refractivity contribution in [1.82, 2.24) is 9.97 Å². The third-order valence-electron chi connectivity index (χ3n) is 5.33. The average Bonchev–Trinajstić information content (AvgIpc) is 3.13. The molecular weight excluding hydrogens is 418 g/mol. The van der Waals surface area contributed by atoms with E-state index in [2.05, 4.69) is 22.1 Å². The van der Waals surface area contributed by atoms with Crippen LogP contribution >= 0.6 is 11.6 Å². The molecule has 0 amide bonds. The third-order valence-corrected chi connectivity index (χ3v) is 5.57. The number of aromatic nitrogens is 2. The van der Waals surface area contributed by atoms with Crippen LogP contribution in [0.25, 0.3) is 10.9 Å². The Kier molecular flexibility index (Phi) is 5.44. The zero-order valence-electron chi connectivity index (χ0n) is 17.2. The highest BCUT2D eigenvalue weighted by molar-refractivity contribution is 6.31. The van der Waals surface area contributed by atoms with Gasteiger partial charge in [-0.05, 0) is 53.9 Å². The molecule has 4 nitrogen and oxygen atoms in total. The lowest BCUT2D eigenvalue weighted by molar-refractivity contribution is 0.457. The molecule has 0 fully saturated rings. The predicted molar refractivity (Wildman–Crippen MR) is 130 cm³/mol. The summed E-state index contributed by atoms with van der Waals surface area (Å²) in [6.07, 6.45) is 4.40. The van der Waals surface area contributed by atoms with Gasteiger partial charge in [0.2, 0.25) is 0 Å². The molecule has 0 saturated carbocycles. The first-order valence-corrected chi connectivity index (χ1v) is 10.7. The largest absolute Gasteiger partial charge is 0.494 e. The Morgan fingerprint density at radius 3 is 2.50 bits per heavy atom. The lowest BCUT2D eigenvalue weighted by Crippen LogP contribution is -2.03. The summed E-state index contributed by atoms with van der Waals surface area (Å²) < 4.78 is 0. The van der Waals surface area contributed by atoms with Gasteiger partial charge < -0.3 is 10.1 Å². The summed E-state index contributed by atoms with van der Waals surface area (Å²) in [5, 5.41) is 12.3. The Bertz CT molecular complexity index is 1410. The lowest BCUT2D eigenvalue weighted by atomic mass is 10.0. The Morgan fingerprint density at radius 2 is 1.69 bits per heavy atom. The Balaban J connectivity index is 1.63. The highest BCUT2D eigenvalue weighted by Gasteiger charge is 2.18. The second-order valence-electron chi connectivity index (χ2n) is 7.57. The van der Waals surface area contributed by atoms with Gasteiger partial charge in [-0.2, -0.15) is 0 Å². The monoisotopic (exact) mass is 437 g/mol. The summed E-state index contributed by atoms with van der Waals surface area (Å²) in [5.41, 5.74) is 6.19. The molecule has 5 heteroatoms. The minimum atomic E-state index is 0.0674. The number of aliphatic imine (C=N–C) groups is 1. The number of hydrogen-bond acceptors (Lipinski definition) is 3. The molecule has 2 heterocycles. The van der Waals surface area contributed by atoms with Crippen LogP contribution in [-0.4, -0.2) is 20.8 Å². The molecule has 0 unspecified atom stereocenters. The SMILES string of the molecule is Oc1[nH]c2cc(Cl)ccc2c1C(=Nc1cccc(Cc2ccncc2)c1)c1ccccc1. The number of hydrogen-bond donors (Lipinski definition) is 2. The van der Waals surface area contributed by atoms with Crippen LogP contribution in [0.5, 0.6) is 5.88 Å². The molecule has 5 rings (SSSR count). The van der Waals surface area contributed by atoms with Crippen molar-refractivity contribution in [2.75, 3.05) is 0 Å². The van der Waals surface area contributed by atoms with Crippen molar-refractivity contribution in [2.24, 2.45) is 4.99 Å². The van der Waals surface area contributed by atoms with Crippen molar-refractivity contribution in [3.63, 3.8) is 0 Å². The van der Waals surface area contributed by atoms with Crippen molar-refractivity contribution in [2.45, 2.75) is 6.42 Å². The van der Waals surface area contributed by atoms with Crippen LogP contribution in [0.4, 0.5) is 5.69 Å². The van der Waals surface area contributed by atoms with Crippen molar-refractivity contribution in [3.05, 3.63) is 125 Å². The number of aromatic amines is 1. The third kappa shape index (κ3) is 4.13. The van der Waals surface area contributed by atoms with E-state index in [0.717, 1.165) is 34.1 Å². The minimum absolute atomic E-state index is 0.0674. The Morgan fingerprint density at radius 1 is 0.875 bits per heavy atom. The van der Waals surface area contributed by atoms with E-state index >= 15 is 0 Å². The zero-order valence-corrected chi connectivity index (χ0v) is 17.9. The van der Waals surface area contributed by atoms with Gasteiger partial charge in [0.05, 0.1) is 22.5 Å².